The number of nitrogens with zero attached hydrogens (tertiary/aromatic N) is 4. The van der Waals surface area contributed by atoms with Gasteiger partial charge in [-0.25, -0.2) is 9.98 Å². The summed E-state index contributed by atoms with van der Waals surface area (Å²) in [5.41, 5.74) is 1.09. The van der Waals surface area contributed by atoms with Crippen LogP contribution in [0.1, 0.15) is 18.5 Å². The monoisotopic (exact) mass is 346 g/mol. The number of aromatic nitrogens is 1. The zero-order chi connectivity index (χ0) is 14.7. The minimum Gasteiger partial charge on any atom is -0.369 e. The SMILES string of the molecule is CN(C)C=Nc1nc(CN2CCC3(CC2)OCCO3)cs1.Cl. The van der Waals surface area contributed by atoms with Crippen molar-refractivity contribution in [2.24, 2.45) is 4.99 Å². The van der Waals surface area contributed by atoms with E-state index in [1.165, 1.54) is 0 Å². The molecule has 2 fully saturated rings. The second-order valence-electron chi connectivity index (χ2n) is 5.71. The third-order valence-electron chi connectivity index (χ3n) is 3.76. The van der Waals surface area contributed by atoms with E-state index in [1.54, 1.807) is 17.7 Å². The maximum Gasteiger partial charge on any atom is 0.210 e. The van der Waals surface area contributed by atoms with Crippen molar-refractivity contribution in [3.8, 4) is 0 Å². The molecule has 3 rings (SSSR count). The lowest BCUT2D eigenvalue weighted by atomic mass is 10.0. The van der Waals surface area contributed by atoms with Gasteiger partial charge in [0.25, 0.3) is 0 Å². The summed E-state index contributed by atoms with van der Waals surface area (Å²) in [4.78, 5) is 13.2. The average Bonchev–Trinajstić information content (AvgIpc) is 3.09. The molecule has 22 heavy (non-hydrogen) atoms. The number of aliphatic imine (C=N–C) groups is 1. The summed E-state index contributed by atoms with van der Waals surface area (Å²) in [5.74, 6) is -0.292. The molecule has 0 saturated carbocycles. The van der Waals surface area contributed by atoms with Gasteiger partial charge < -0.3 is 14.4 Å². The summed E-state index contributed by atoms with van der Waals surface area (Å²) in [7, 11) is 3.91. The molecule has 2 saturated heterocycles. The Morgan fingerprint density at radius 1 is 1.36 bits per heavy atom. The Labute approximate surface area is 141 Å². The number of halogens is 1. The minimum atomic E-state index is -0.292. The van der Waals surface area contributed by atoms with E-state index in [1.807, 2.05) is 19.0 Å². The van der Waals surface area contributed by atoms with Gasteiger partial charge in [0.1, 0.15) is 0 Å². The third kappa shape index (κ3) is 4.39. The van der Waals surface area contributed by atoms with Gasteiger partial charge >= 0.3 is 0 Å². The molecule has 2 aliphatic rings. The van der Waals surface area contributed by atoms with Crippen molar-refractivity contribution >= 4 is 35.2 Å². The van der Waals surface area contributed by atoms with Crippen molar-refractivity contribution in [1.29, 1.82) is 0 Å². The normalized spacial score (nSPS) is 21.4. The number of likely N-dealkylation sites (tertiary alicyclic amines) is 1. The lowest BCUT2D eigenvalue weighted by Crippen LogP contribution is -2.44. The fourth-order valence-corrected chi connectivity index (χ4v) is 3.31. The third-order valence-corrected chi connectivity index (χ3v) is 4.55. The van der Waals surface area contributed by atoms with E-state index in [-0.39, 0.29) is 18.2 Å². The van der Waals surface area contributed by atoms with Crippen LogP contribution in [0.4, 0.5) is 5.13 Å². The highest BCUT2D eigenvalue weighted by molar-refractivity contribution is 7.13. The Hall–Kier alpha value is -0.730. The van der Waals surface area contributed by atoms with Crippen LogP contribution in [0.2, 0.25) is 0 Å². The number of thiazole rings is 1. The lowest BCUT2D eigenvalue weighted by Gasteiger charge is -2.37. The first-order valence-corrected chi connectivity index (χ1v) is 8.18. The van der Waals surface area contributed by atoms with Gasteiger partial charge in [0, 0.05) is 52.0 Å². The van der Waals surface area contributed by atoms with Crippen molar-refractivity contribution in [3.63, 3.8) is 0 Å². The summed E-state index contributed by atoms with van der Waals surface area (Å²) >= 11 is 1.59. The Balaban J connectivity index is 0.00000176. The molecule has 0 atom stereocenters. The van der Waals surface area contributed by atoms with E-state index in [0.717, 1.165) is 56.5 Å². The van der Waals surface area contributed by atoms with Crippen LogP contribution in [-0.2, 0) is 16.0 Å². The van der Waals surface area contributed by atoms with Gasteiger partial charge in [-0.15, -0.1) is 23.7 Å². The molecule has 8 heteroatoms. The van der Waals surface area contributed by atoms with Gasteiger partial charge in [-0.2, -0.15) is 0 Å². The van der Waals surface area contributed by atoms with E-state index < -0.39 is 0 Å². The van der Waals surface area contributed by atoms with Crippen LogP contribution in [0, 0.1) is 0 Å². The maximum absolute atomic E-state index is 5.75. The van der Waals surface area contributed by atoms with Crippen molar-refractivity contribution in [3.05, 3.63) is 11.1 Å². The predicted molar refractivity (Wildman–Crippen MR) is 90.3 cm³/mol. The second kappa shape index (κ2) is 7.70. The molecule has 2 aliphatic heterocycles. The van der Waals surface area contributed by atoms with Crippen LogP contribution in [-0.4, -0.2) is 67.3 Å². The van der Waals surface area contributed by atoms with Crippen molar-refractivity contribution in [2.45, 2.75) is 25.2 Å². The van der Waals surface area contributed by atoms with Gasteiger partial charge in [-0.1, -0.05) is 0 Å². The van der Waals surface area contributed by atoms with Gasteiger partial charge in [0.05, 0.1) is 25.2 Å². The molecule has 3 heterocycles. The average molecular weight is 347 g/mol. The molecular formula is C14H23ClN4O2S. The Bertz CT molecular complexity index is 493. The van der Waals surface area contributed by atoms with Gasteiger partial charge in [-0.05, 0) is 0 Å². The Morgan fingerprint density at radius 2 is 2.05 bits per heavy atom. The van der Waals surface area contributed by atoms with Gasteiger partial charge in [0.15, 0.2) is 5.79 Å². The number of rotatable bonds is 4. The summed E-state index contributed by atoms with van der Waals surface area (Å²) in [6.07, 6.45) is 3.67. The quantitative estimate of drug-likeness (QED) is 0.617. The molecule has 0 radical (unpaired) electrons. The van der Waals surface area contributed by atoms with E-state index in [0.29, 0.717) is 0 Å². The minimum absolute atomic E-state index is 0. The van der Waals surface area contributed by atoms with Crippen LogP contribution in [0.25, 0.3) is 0 Å². The first kappa shape index (κ1) is 17.6. The van der Waals surface area contributed by atoms with Crippen LogP contribution < -0.4 is 0 Å². The van der Waals surface area contributed by atoms with Gasteiger partial charge in [0.2, 0.25) is 5.13 Å². The molecule has 0 unspecified atom stereocenters. The van der Waals surface area contributed by atoms with E-state index in [4.69, 9.17) is 9.47 Å². The van der Waals surface area contributed by atoms with E-state index >= 15 is 0 Å². The predicted octanol–water partition coefficient (Wildman–Crippen LogP) is 2.13. The number of hydrogen-bond donors (Lipinski definition) is 0. The summed E-state index contributed by atoms with van der Waals surface area (Å²) < 4.78 is 11.5. The molecule has 1 spiro atoms. The molecule has 6 nitrogen and oxygen atoms in total. The fourth-order valence-electron chi connectivity index (χ4n) is 2.66. The first-order valence-electron chi connectivity index (χ1n) is 7.31. The topological polar surface area (TPSA) is 50.2 Å². The molecule has 0 N–H and O–H groups in total. The molecule has 124 valence electrons. The first-order chi connectivity index (χ1) is 10.2. The summed E-state index contributed by atoms with van der Waals surface area (Å²) in [6.45, 7) is 4.34. The van der Waals surface area contributed by atoms with Crippen molar-refractivity contribution < 1.29 is 9.47 Å². The maximum atomic E-state index is 5.75. The number of ether oxygens (including phenoxy) is 2. The smallest absolute Gasteiger partial charge is 0.210 e. The van der Waals surface area contributed by atoms with Crippen molar-refractivity contribution in [2.75, 3.05) is 40.4 Å². The molecule has 0 bridgehead atoms. The highest BCUT2D eigenvalue weighted by atomic mass is 35.5. The molecule has 0 amide bonds. The van der Waals surface area contributed by atoms with E-state index in [9.17, 15) is 0 Å². The van der Waals surface area contributed by atoms with Crippen molar-refractivity contribution in [1.82, 2.24) is 14.8 Å². The summed E-state index contributed by atoms with van der Waals surface area (Å²) in [5, 5.41) is 2.91. The lowest BCUT2D eigenvalue weighted by molar-refractivity contribution is -0.185. The van der Waals surface area contributed by atoms with Crippen LogP contribution in [0.15, 0.2) is 10.4 Å². The zero-order valence-electron chi connectivity index (χ0n) is 13.0. The molecular weight excluding hydrogens is 324 g/mol. The van der Waals surface area contributed by atoms with Crippen LogP contribution in [0.3, 0.4) is 0 Å². The Morgan fingerprint density at radius 3 is 2.68 bits per heavy atom. The highest BCUT2D eigenvalue weighted by Gasteiger charge is 2.39. The second-order valence-corrected chi connectivity index (χ2v) is 6.55. The zero-order valence-corrected chi connectivity index (χ0v) is 14.7. The summed E-state index contributed by atoms with van der Waals surface area (Å²) in [6, 6.07) is 0. The number of hydrogen-bond acceptors (Lipinski definition) is 6. The largest absolute Gasteiger partial charge is 0.369 e. The fraction of sp³-hybridized carbons (Fsp3) is 0.714. The molecule has 0 aliphatic carbocycles. The van der Waals surface area contributed by atoms with Crippen LogP contribution in [0.5, 0.6) is 0 Å². The molecule has 0 aromatic carbocycles. The van der Waals surface area contributed by atoms with Gasteiger partial charge in [-0.3, -0.25) is 4.90 Å². The van der Waals surface area contributed by atoms with E-state index in [2.05, 4.69) is 20.3 Å². The Kier molecular flexibility index (Phi) is 6.17. The number of piperidine rings is 1. The molecule has 1 aromatic heterocycles. The standard InChI is InChI=1S/C14H22N4O2S.ClH/c1-17(2)11-15-13-16-12(10-21-13)9-18-5-3-14(4-6-18)19-7-8-20-14;/h10-11H,3-9H2,1-2H3;1H. The molecule has 1 aromatic rings. The highest BCUT2D eigenvalue weighted by Crippen LogP contribution is 2.32. The van der Waals surface area contributed by atoms with Crippen LogP contribution >= 0.6 is 23.7 Å².